The van der Waals surface area contributed by atoms with E-state index in [0.717, 1.165) is 33.9 Å². The van der Waals surface area contributed by atoms with Gasteiger partial charge in [0, 0.05) is 17.8 Å². The molecule has 0 aliphatic rings. The minimum absolute atomic E-state index is 0.479. The first-order chi connectivity index (χ1) is 16.2. The molecule has 0 aliphatic heterocycles. The zero-order valence-corrected chi connectivity index (χ0v) is 19.4. The molecule has 0 spiro atoms. The molecule has 0 bridgehead atoms. The highest BCUT2D eigenvalue weighted by molar-refractivity contribution is 5.85. The molecule has 1 N–H and O–H groups in total. The molecule has 0 aromatic heterocycles. The van der Waals surface area contributed by atoms with E-state index in [-0.39, 0.29) is 0 Å². The molecule has 168 valence electrons. The highest BCUT2D eigenvalue weighted by Gasteiger charge is 2.14. The van der Waals surface area contributed by atoms with Crippen LogP contribution in [0.4, 0.5) is 5.69 Å². The summed E-state index contributed by atoms with van der Waals surface area (Å²) in [5, 5.41) is 5.94. The van der Waals surface area contributed by atoms with Gasteiger partial charge in [0.15, 0.2) is 11.5 Å². The van der Waals surface area contributed by atoms with Crippen LogP contribution in [0, 0.1) is 6.92 Å². The lowest BCUT2D eigenvalue weighted by molar-refractivity contribution is 0.267. The Morgan fingerprint density at radius 1 is 0.879 bits per heavy atom. The molecule has 33 heavy (non-hydrogen) atoms. The fourth-order valence-corrected chi connectivity index (χ4v) is 4.09. The lowest BCUT2D eigenvalue weighted by Gasteiger charge is -2.18. The summed E-state index contributed by atoms with van der Waals surface area (Å²) in [6, 6.07) is 27.4. The van der Waals surface area contributed by atoms with E-state index in [4.69, 9.17) is 9.47 Å². The maximum absolute atomic E-state index is 6.41. The third-order valence-electron chi connectivity index (χ3n) is 5.62. The van der Waals surface area contributed by atoms with Gasteiger partial charge in [-0.05, 0) is 72.0 Å². The molecule has 3 nitrogen and oxygen atoms in total. The summed E-state index contributed by atoms with van der Waals surface area (Å²) in [6.45, 7) is 9.81. The topological polar surface area (TPSA) is 30.5 Å². The van der Waals surface area contributed by atoms with E-state index in [1.807, 2.05) is 13.0 Å². The van der Waals surface area contributed by atoms with Gasteiger partial charge in [0.1, 0.15) is 6.61 Å². The van der Waals surface area contributed by atoms with Crippen molar-refractivity contribution in [2.45, 2.75) is 33.4 Å². The largest absolute Gasteiger partial charge is 0.490 e. The van der Waals surface area contributed by atoms with Crippen molar-refractivity contribution in [3.05, 3.63) is 114 Å². The first-order valence-corrected chi connectivity index (χ1v) is 11.5. The molecular weight excluding hydrogens is 406 g/mol. The normalized spacial score (nSPS) is 10.7. The summed E-state index contributed by atoms with van der Waals surface area (Å²) < 4.78 is 12.4. The number of benzene rings is 4. The fraction of sp³-hybridized carbons (Fsp3) is 0.200. The van der Waals surface area contributed by atoms with Crippen molar-refractivity contribution in [2.75, 3.05) is 11.9 Å². The van der Waals surface area contributed by atoms with Crippen molar-refractivity contribution in [2.24, 2.45) is 0 Å². The van der Waals surface area contributed by atoms with Crippen molar-refractivity contribution in [1.29, 1.82) is 0 Å². The first kappa shape index (κ1) is 22.5. The zero-order chi connectivity index (χ0) is 23.0. The number of allylic oxidation sites excluding steroid dienone is 1. The second-order valence-electron chi connectivity index (χ2n) is 8.16. The number of anilines is 1. The Bertz CT molecular complexity index is 1240. The molecule has 0 saturated carbocycles. The van der Waals surface area contributed by atoms with Gasteiger partial charge in [0.2, 0.25) is 0 Å². The van der Waals surface area contributed by atoms with Gasteiger partial charge in [-0.1, -0.05) is 60.7 Å². The molecule has 0 radical (unpaired) electrons. The lowest BCUT2D eigenvalue weighted by Crippen LogP contribution is -2.06. The first-order valence-electron chi connectivity index (χ1n) is 11.5. The van der Waals surface area contributed by atoms with E-state index in [1.165, 1.54) is 16.3 Å². The predicted octanol–water partition coefficient (Wildman–Crippen LogP) is 7.47. The molecule has 3 heteroatoms. The number of nitrogens with one attached hydrogen (secondary N) is 1. The van der Waals surface area contributed by atoms with Crippen LogP contribution in [0.25, 0.3) is 10.8 Å². The van der Waals surface area contributed by atoms with Gasteiger partial charge in [-0.25, -0.2) is 0 Å². The van der Waals surface area contributed by atoms with Gasteiger partial charge in [-0.2, -0.15) is 0 Å². The molecular formula is C30H31NO2. The number of ether oxygens (including phenoxy) is 2. The summed E-state index contributed by atoms with van der Waals surface area (Å²) in [7, 11) is 0. The van der Waals surface area contributed by atoms with Gasteiger partial charge in [-0.3, -0.25) is 0 Å². The zero-order valence-electron chi connectivity index (χ0n) is 19.4. The van der Waals surface area contributed by atoms with Gasteiger partial charge in [0.25, 0.3) is 0 Å². The molecule has 0 atom stereocenters. The average Bonchev–Trinajstić information content (AvgIpc) is 2.83. The smallest absolute Gasteiger partial charge is 0.165 e. The molecule has 0 amide bonds. The van der Waals surface area contributed by atoms with Gasteiger partial charge in [0.05, 0.1) is 6.61 Å². The maximum Gasteiger partial charge on any atom is 0.165 e. The fourth-order valence-electron chi connectivity index (χ4n) is 4.09. The summed E-state index contributed by atoms with van der Waals surface area (Å²) >= 11 is 0. The van der Waals surface area contributed by atoms with E-state index in [1.54, 1.807) is 0 Å². The summed E-state index contributed by atoms with van der Waals surface area (Å²) in [6.07, 6.45) is 2.62. The van der Waals surface area contributed by atoms with Crippen LogP contribution in [-0.2, 0) is 19.6 Å². The monoisotopic (exact) mass is 437 g/mol. The second-order valence-corrected chi connectivity index (χ2v) is 8.16. The van der Waals surface area contributed by atoms with Crippen molar-refractivity contribution in [3.63, 3.8) is 0 Å². The predicted molar refractivity (Wildman–Crippen MR) is 138 cm³/mol. The second kappa shape index (κ2) is 10.7. The minimum atomic E-state index is 0.479. The number of fused-ring (bicyclic) bond motifs is 1. The van der Waals surface area contributed by atoms with Crippen LogP contribution in [0.15, 0.2) is 91.5 Å². The number of rotatable bonds is 10. The van der Waals surface area contributed by atoms with Gasteiger partial charge in [-0.15, -0.1) is 6.58 Å². The molecule has 4 aromatic carbocycles. The summed E-state index contributed by atoms with van der Waals surface area (Å²) in [4.78, 5) is 0. The molecule has 0 unspecified atom stereocenters. The SMILES string of the molecule is C=CCc1cc(CNc2cccc(C)c2)cc(OCC)c1OCc1cccc2ccccc12. The van der Waals surface area contributed by atoms with E-state index < -0.39 is 0 Å². The van der Waals surface area contributed by atoms with E-state index in [9.17, 15) is 0 Å². The van der Waals surface area contributed by atoms with Crippen LogP contribution in [0.2, 0.25) is 0 Å². The Hall–Kier alpha value is -3.72. The molecule has 4 rings (SSSR count). The third kappa shape index (κ3) is 5.56. The number of aryl methyl sites for hydroxylation is 1. The van der Waals surface area contributed by atoms with Crippen molar-refractivity contribution >= 4 is 16.5 Å². The van der Waals surface area contributed by atoms with Gasteiger partial charge >= 0.3 is 0 Å². The van der Waals surface area contributed by atoms with Crippen molar-refractivity contribution in [1.82, 2.24) is 0 Å². The summed E-state index contributed by atoms with van der Waals surface area (Å²) in [5.74, 6) is 1.57. The van der Waals surface area contributed by atoms with Gasteiger partial charge < -0.3 is 14.8 Å². The quantitative estimate of drug-likeness (QED) is 0.261. The average molecular weight is 438 g/mol. The third-order valence-corrected chi connectivity index (χ3v) is 5.62. The Labute approximate surface area is 196 Å². The van der Waals surface area contributed by atoms with Crippen molar-refractivity contribution < 1.29 is 9.47 Å². The lowest BCUT2D eigenvalue weighted by atomic mass is 10.0. The Kier molecular flexibility index (Phi) is 7.31. The van der Waals surface area contributed by atoms with Crippen LogP contribution >= 0.6 is 0 Å². The highest BCUT2D eigenvalue weighted by atomic mass is 16.5. The van der Waals surface area contributed by atoms with Crippen LogP contribution in [-0.4, -0.2) is 6.61 Å². The Balaban J connectivity index is 1.61. The molecule has 0 aliphatic carbocycles. The van der Waals surface area contributed by atoms with Crippen LogP contribution in [0.3, 0.4) is 0 Å². The number of hydrogen-bond donors (Lipinski definition) is 1. The summed E-state index contributed by atoms with van der Waals surface area (Å²) in [5.41, 5.74) is 5.73. The highest BCUT2D eigenvalue weighted by Crippen LogP contribution is 2.35. The minimum Gasteiger partial charge on any atom is -0.490 e. The standard InChI is InChI=1S/C30H31NO2/c1-4-10-25-18-23(20-31-27-15-8-11-22(3)17-27)19-29(32-5-2)30(25)33-21-26-14-9-13-24-12-6-7-16-28(24)26/h4,6-9,11-19,31H,1,5,10,20-21H2,2-3H3. The molecule has 0 saturated heterocycles. The molecule has 4 aromatic rings. The van der Waals surface area contributed by atoms with E-state index in [2.05, 4.69) is 97.7 Å². The molecule has 0 fully saturated rings. The van der Waals surface area contributed by atoms with Crippen LogP contribution < -0.4 is 14.8 Å². The molecule has 0 heterocycles. The van der Waals surface area contributed by atoms with Crippen LogP contribution in [0.1, 0.15) is 29.2 Å². The Morgan fingerprint density at radius 3 is 2.52 bits per heavy atom. The Morgan fingerprint density at radius 2 is 1.70 bits per heavy atom. The van der Waals surface area contributed by atoms with Crippen LogP contribution in [0.5, 0.6) is 11.5 Å². The number of hydrogen-bond acceptors (Lipinski definition) is 3. The van der Waals surface area contributed by atoms with E-state index >= 15 is 0 Å². The maximum atomic E-state index is 6.41. The van der Waals surface area contributed by atoms with Crippen molar-refractivity contribution in [3.8, 4) is 11.5 Å². The van der Waals surface area contributed by atoms with E-state index in [0.29, 0.717) is 26.2 Å².